The molecular weight excluding hydrogens is 472 g/mol. The van der Waals surface area contributed by atoms with Crippen LogP contribution in [0, 0.1) is 13.8 Å². The summed E-state index contributed by atoms with van der Waals surface area (Å²) >= 11 is 0. The Morgan fingerprint density at radius 3 is 2.11 bits per heavy atom. The second-order valence-corrected chi connectivity index (χ2v) is 10.0. The Bertz CT molecular complexity index is 1650. The van der Waals surface area contributed by atoms with E-state index in [-0.39, 0.29) is 4.90 Å². The number of hydrogen-bond acceptors (Lipinski definition) is 7. The maximum atomic E-state index is 12.9. The first kappa shape index (κ1) is 23.3. The molecule has 0 atom stereocenters. The van der Waals surface area contributed by atoms with Crippen molar-refractivity contribution in [2.24, 2.45) is 0 Å². The van der Waals surface area contributed by atoms with Crippen LogP contribution in [0.5, 0.6) is 0 Å². The number of hydrogen-bond donors (Lipinski definition) is 3. The van der Waals surface area contributed by atoms with Crippen LogP contribution in [-0.2, 0) is 10.0 Å². The Morgan fingerprint density at radius 1 is 0.667 bits per heavy atom. The van der Waals surface area contributed by atoms with Crippen molar-refractivity contribution < 1.29 is 8.42 Å². The highest BCUT2D eigenvalue weighted by molar-refractivity contribution is 7.92. The zero-order valence-corrected chi connectivity index (χ0v) is 20.5. The van der Waals surface area contributed by atoms with E-state index in [4.69, 9.17) is 0 Å². The molecule has 0 amide bonds. The molecule has 5 aromatic rings. The van der Waals surface area contributed by atoms with Gasteiger partial charge in [-0.2, -0.15) is 0 Å². The maximum Gasteiger partial charge on any atom is 0.261 e. The number of benzene rings is 3. The third-order valence-electron chi connectivity index (χ3n) is 5.45. The first-order chi connectivity index (χ1) is 17.3. The molecule has 2 aromatic heterocycles. The Balaban J connectivity index is 1.30. The van der Waals surface area contributed by atoms with E-state index in [2.05, 4.69) is 30.3 Å². The number of anilines is 5. The van der Waals surface area contributed by atoms with Crippen molar-refractivity contribution in [3.63, 3.8) is 0 Å². The van der Waals surface area contributed by atoms with Gasteiger partial charge in [-0.25, -0.2) is 23.4 Å². The molecule has 9 heteroatoms. The predicted molar refractivity (Wildman–Crippen MR) is 144 cm³/mol. The van der Waals surface area contributed by atoms with E-state index in [0.29, 0.717) is 29.0 Å². The lowest BCUT2D eigenvalue weighted by Crippen LogP contribution is -2.12. The van der Waals surface area contributed by atoms with Gasteiger partial charge in [0.1, 0.15) is 23.3 Å². The highest BCUT2D eigenvalue weighted by atomic mass is 32.2. The number of fused-ring (bicyclic) bond motifs is 1. The van der Waals surface area contributed by atoms with Crippen molar-refractivity contribution in [2.75, 3.05) is 15.4 Å². The van der Waals surface area contributed by atoms with Crippen LogP contribution in [0.3, 0.4) is 0 Å². The van der Waals surface area contributed by atoms with Crippen molar-refractivity contribution in [2.45, 2.75) is 18.7 Å². The summed E-state index contributed by atoms with van der Waals surface area (Å²) in [6, 6.07) is 25.3. The molecule has 0 saturated heterocycles. The van der Waals surface area contributed by atoms with E-state index in [1.165, 1.54) is 0 Å². The molecule has 0 saturated carbocycles. The van der Waals surface area contributed by atoms with Crippen LogP contribution >= 0.6 is 0 Å². The zero-order valence-electron chi connectivity index (χ0n) is 19.7. The molecule has 3 N–H and O–H groups in total. The van der Waals surface area contributed by atoms with Crippen LogP contribution in [0.15, 0.2) is 96.0 Å². The van der Waals surface area contributed by atoms with Crippen LogP contribution in [-0.4, -0.2) is 23.4 Å². The fourth-order valence-electron chi connectivity index (χ4n) is 3.75. The van der Waals surface area contributed by atoms with Crippen LogP contribution in [0.1, 0.15) is 11.4 Å². The molecule has 8 nitrogen and oxygen atoms in total. The Labute approximate surface area is 209 Å². The quantitative estimate of drug-likeness (QED) is 0.256. The summed E-state index contributed by atoms with van der Waals surface area (Å²) in [6.45, 7) is 3.81. The molecule has 0 aliphatic carbocycles. The largest absolute Gasteiger partial charge is 0.340 e. The fraction of sp³-hybridized carbons (Fsp3) is 0.0741. The highest BCUT2D eigenvalue weighted by Gasteiger charge is 2.15. The number of aryl methyl sites for hydroxylation is 2. The van der Waals surface area contributed by atoms with Crippen LogP contribution in [0.4, 0.5) is 28.8 Å². The van der Waals surface area contributed by atoms with E-state index in [9.17, 15) is 8.42 Å². The van der Waals surface area contributed by atoms with Crippen molar-refractivity contribution in [1.82, 2.24) is 15.0 Å². The van der Waals surface area contributed by atoms with Gasteiger partial charge >= 0.3 is 0 Å². The van der Waals surface area contributed by atoms with E-state index < -0.39 is 10.0 Å². The van der Waals surface area contributed by atoms with Crippen LogP contribution in [0.25, 0.3) is 10.8 Å². The minimum Gasteiger partial charge on any atom is -0.340 e. The first-order valence-electron chi connectivity index (χ1n) is 11.3. The monoisotopic (exact) mass is 496 g/mol. The lowest BCUT2D eigenvalue weighted by molar-refractivity contribution is 0.601. The molecular formula is C27H24N6O2S. The normalized spacial score (nSPS) is 11.3. The van der Waals surface area contributed by atoms with Crippen molar-refractivity contribution in [1.29, 1.82) is 0 Å². The number of aromatic nitrogens is 3. The summed E-state index contributed by atoms with van der Waals surface area (Å²) in [6.07, 6.45) is 1.74. The number of rotatable bonds is 7. The average molecular weight is 497 g/mol. The fourth-order valence-corrected chi connectivity index (χ4v) is 4.84. The second kappa shape index (κ2) is 9.63. The molecule has 0 fully saturated rings. The minimum atomic E-state index is -3.73. The van der Waals surface area contributed by atoms with Crippen molar-refractivity contribution >= 4 is 49.6 Å². The third-order valence-corrected chi connectivity index (χ3v) is 6.83. The maximum absolute atomic E-state index is 12.9. The molecule has 0 aliphatic rings. The van der Waals surface area contributed by atoms with Crippen molar-refractivity contribution in [3.05, 3.63) is 103 Å². The van der Waals surface area contributed by atoms with Gasteiger partial charge in [-0.15, -0.1) is 0 Å². The Hall–Kier alpha value is -4.50. The smallest absolute Gasteiger partial charge is 0.261 e. The zero-order chi connectivity index (χ0) is 25.1. The molecule has 0 aliphatic heterocycles. The highest BCUT2D eigenvalue weighted by Crippen LogP contribution is 2.24. The van der Waals surface area contributed by atoms with Gasteiger partial charge in [0, 0.05) is 23.6 Å². The van der Waals surface area contributed by atoms with Gasteiger partial charge < -0.3 is 10.6 Å². The molecule has 180 valence electrons. The van der Waals surface area contributed by atoms with E-state index in [1.807, 2.05) is 50.2 Å². The van der Waals surface area contributed by atoms with E-state index in [1.54, 1.807) is 54.7 Å². The molecule has 36 heavy (non-hydrogen) atoms. The predicted octanol–water partition coefficient (Wildman–Crippen LogP) is 5.93. The van der Waals surface area contributed by atoms with Gasteiger partial charge in [-0.3, -0.25) is 4.72 Å². The first-order valence-corrected chi connectivity index (χ1v) is 12.8. The third kappa shape index (κ3) is 5.42. The molecule has 0 spiro atoms. The number of nitrogens with one attached hydrogen (secondary N) is 3. The molecule has 3 aromatic carbocycles. The van der Waals surface area contributed by atoms with Gasteiger partial charge in [-0.1, -0.05) is 30.3 Å². The standard InChI is InChI=1S/C27H24N6O2S/c1-18-13-14-28-25(15-18)32-27-17-26(29-19(2)30-27)31-22-8-10-23(11-9-22)33-36(34,35)24-12-7-20-5-3-4-6-21(20)16-24/h3-17,33H,1-2H3,(H2,28,29,30,31,32). The van der Waals surface area contributed by atoms with Gasteiger partial charge in [0.2, 0.25) is 0 Å². The minimum absolute atomic E-state index is 0.211. The summed E-state index contributed by atoms with van der Waals surface area (Å²) in [4.78, 5) is 13.4. The molecule has 0 bridgehead atoms. The lowest BCUT2D eigenvalue weighted by atomic mass is 10.1. The van der Waals surface area contributed by atoms with Crippen molar-refractivity contribution in [3.8, 4) is 0 Å². The Morgan fingerprint density at radius 2 is 1.36 bits per heavy atom. The molecule has 0 radical (unpaired) electrons. The van der Waals surface area contributed by atoms with Gasteiger partial charge in [-0.05, 0) is 78.7 Å². The second-order valence-electron chi connectivity index (χ2n) is 8.35. The number of pyridine rings is 1. The lowest BCUT2D eigenvalue weighted by Gasteiger charge is -2.12. The topological polar surface area (TPSA) is 109 Å². The van der Waals surface area contributed by atoms with E-state index in [0.717, 1.165) is 22.0 Å². The summed E-state index contributed by atoms with van der Waals surface area (Å²) in [5.41, 5.74) is 2.30. The summed E-state index contributed by atoms with van der Waals surface area (Å²) in [5.74, 6) is 2.50. The van der Waals surface area contributed by atoms with Crippen LogP contribution in [0.2, 0.25) is 0 Å². The van der Waals surface area contributed by atoms with E-state index >= 15 is 0 Å². The summed E-state index contributed by atoms with van der Waals surface area (Å²) in [7, 11) is -3.73. The summed E-state index contributed by atoms with van der Waals surface area (Å²) < 4.78 is 28.5. The number of nitrogens with zero attached hydrogens (tertiary/aromatic N) is 3. The molecule has 0 unspecified atom stereocenters. The van der Waals surface area contributed by atoms with Gasteiger partial charge in [0.15, 0.2) is 0 Å². The SMILES string of the molecule is Cc1ccnc(Nc2cc(Nc3ccc(NS(=O)(=O)c4ccc5ccccc5c4)cc3)nc(C)n2)c1. The number of sulfonamides is 1. The molecule has 2 heterocycles. The summed E-state index contributed by atoms with van der Waals surface area (Å²) in [5, 5.41) is 8.28. The average Bonchev–Trinajstić information content (AvgIpc) is 2.84. The Kier molecular flexibility index (Phi) is 6.22. The van der Waals surface area contributed by atoms with Gasteiger partial charge in [0.05, 0.1) is 4.90 Å². The van der Waals surface area contributed by atoms with Crippen LogP contribution < -0.4 is 15.4 Å². The molecule has 5 rings (SSSR count). The van der Waals surface area contributed by atoms with Gasteiger partial charge in [0.25, 0.3) is 10.0 Å².